The summed E-state index contributed by atoms with van der Waals surface area (Å²) in [5.74, 6) is 1.30. The van der Waals surface area contributed by atoms with E-state index < -0.39 is 41.6 Å². The van der Waals surface area contributed by atoms with Gasteiger partial charge in [0.05, 0.1) is 13.0 Å². The van der Waals surface area contributed by atoms with Crippen LogP contribution in [0, 0.1) is 12.3 Å². The Bertz CT molecular complexity index is 1280. The minimum Gasteiger partial charge on any atom is -0.466 e. The fourth-order valence-corrected chi connectivity index (χ4v) is 4.76. The van der Waals surface area contributed by atoms with Gasteiger partial charge in [-0.15, -0.1) is 6.42 Å². The van der Waals surface area contributed by atoms with Crippen molar-refractivity contribution in [2.24, 2.45) is 0 Å². The van der Waals surface area contributed by atoms with Crippen LogP contribution in [-0.2, 0) is 30.3 Å². The molecule has 3 amide bonds. The molecule has 0 radical (unpaired) electrons. The first-order valence-electron chi connectivity index (χ1n) is 14.4. The molecule has 2 unspecified atom stereocenters. The van der Waals surface area contributed by atoms with Gasteiger partial charge in [0.2, 0.25) is 11.8 Å². The highest BCUT2D eigenvalue weighted by Gasteiger charge is 2.42. The summed E-state index contributed by atoms with van der Waals surface area (Å²) in [6.07, 6.45) is 7.55. The predicted octanol–water partition coefficient (Wildman–Crippen LogP) is 4.30. The number of alkyl carbamates (subject to hydrolysis) is 1. The van der Waals surface area contributed by atoms with Gasteiger partial charge >= 0.3 is 12.1 Å². The lowest BCUT2D eigenvalue weighted by Crippen LogP contribution is -2.58. The van der Waals surface area contributed by atoms with Crippen LogP contribution in [0.1, 0.15) is 76.1 Å². The molecule has 9 heteroatoms. The molecule has 0 bridgehead atoms. The van der Waals surface area contributed by atoms with E-state index in [1.165, 1.54) is 0 Å². The summed E-state index contributed by atoms with van der Waals surface area (Å²) in [6, 6.07) is 14.0. The molecule has 0 saturated heterocycles. The Balaban J connectivity index is 2.02. The summed E-state index contributed by atoms with van der Waals surface area (Å²) >= 11 is 0. The Labute approximate surface area is 248 Å². The van der Waals surface area contributed by atoms with E-state index in [4.69, 9.17) is 15.9 Å². The van der Waals surface area contributed by atoms with Crippen LogP contribution in [0.25, 0.3) is 0 Å². The van der Waals surface area contributed by atoms with Crippen LogP contribution in [0.5, 0.6) is 0 Å². The molecule has 2 aromatic rings. The van der Waals surface area contributed by atoms with Gasteiger partial charge in [0, 0.05) is 24.6 Å². The lowest BCUT2D eigenvalue weighted by atomic mass is 9.87. The molecule has 1 aliphatic carbocycles. The highest BCUT2D eigenvalue weighted by atomic mass is 16.6. The fourth-order valence-electron chi connectivity index (χ4n) is 4.76. The van der Waals surface area contributed by atoms with Crippen LogP contribution in [0.4, 0.5) is 4.79 Å². The van der Waals surface area contributed by atoms with Gasteiger partial charge in [-0.1, -0.05) is 54.5 Å². The molecule has 3 rings (SSSR count). The number of carbonyl (C=O) groups is 4. The van der Waals surface area contributed by atoms with Crippen molar-refractivity contribution in [2.45, 2.75) is 83.5 Å². The number of nitrogens with zero attached hydrogens (tertiary/aromatic N) is 1. The second kappa shape index (κ2) is 15.1. The molecule has 2 atom stereocenters. The third-order valence-electron chi connectivity index (χ3n) is 6.87. The van der Waals surface area contributed by atoms with Gasteiger partial charge in [0.15, 0.2) is 0 Å². The number of benzene rings is 2. The van der Waals surface area contributed by atoms with Crippen molar-refractivity contribution in [3.05, 3.63) is 71.3 Å². The summed E-state index contributed by atoms with van der Waals surface area (Å²) in [5, 5.41) is 5.57. The van der Waals surface area contributed by atoms with E-state index >= 15 is 0 Å². The van der Waals surface area contributed by atoms with Crippen LogP contribution in [0.2, 0.25) is 0 Å². The van der Waals surface area contributed by atoms with Crippen LogP contribution < -0.4 is 10.6 Å². The van der Waals surface area contributed by atoms with Gasteiger partial charge in [-0.3, -0.25) is 14.4 Å². The van der Waals surface area contributed by atoms with Gasteiger partial charge in [-0.05, 0) is 64.2 Å². The number of amides is 3. The second-order valence-corrected chi connectivity index (χ2v) is 11.2. The van der Waals surface area contributed by atoms with Gasteiger partial charge in [0.1, 0.15) is 17.7 Å². The zero-order chi connectivity index (χ0) is 30.7. The highest BCUT2D eigenvalue weighted by Crippen LogP contribution is 2.35. The minimum atomic E-state index is -1.09. The quantitative estimate of drug-likeness (QED) is 0.288. The molecular weight excluding hydrogens is 534 g/mol. The zero-order valence-corrected chi connectivity index (χ0v) is 24.9. The topological polar surface area (TPSA) is 114 Å². The molecule has 2 aromatic carbocycles. The second-order valence-electron chi connectivity index (χ2n) is 11.2. The normalized spacial score (nSPS) is 14.4. The molecule has 0 heterocycles. The van der Waals surface area contributed by atoms with Crippen molar-refractivity contribution in [1.82, 2.24) is 15.5 Å². The molecule has 1 fully saturated rings. The Morgan fingerprint density at radius 3 is 2.31 bits per heavy atom. The number of carbonyl (C=O) groups excluding carboxylic acids is 4. The number of hydrogen-bond acceptors (Lipinski definition) is 6. The van der Waals surface area contributed by atoms with Gasteiger partial charge in [-0.25, -0.2) is 4.79 Å². The average molecular weight is 576 g/mol. The van der Waals surface area contributed by atoms with E-state index in [-0.39, 0.29) is 32.0 Å². The summed E-state index contributed by atoms with van der Waals surface area (Å²) in [4.78, 5) is 54.8. The molecule has 1 aliphatic rings. The minimum absolute atomic E-state index is 0.0166. The molecule has 0 spiro atoms. The van der Waals surface area contributed by atoms with E-state index in [2.05, 4.69) is 16.6 Å². The van der Waals surface area contributed by atoms with Crippen molar-refractivity contribution in [2.75, 3.05) is 13.2 Å². The van der Waals surface area contributed by atoms with Crippen molar-refractivity contribution >= 4 is 23.9 Å². The van der Waals surface area contributed by atoms with E-state index in [9.17, 15) is 19.2 Å². The fraction of sp³-hybridized carbons (Fsp3) is 0.455. The maximum absolute atomic E-state index is 14.5. The van der Waals surface area contributed by atoms with Crippen LogP contribution >= 0.6 is 0 Å². The van der Waals surface area contributed by atoms with E-state index in [1.807, 2.05) is 30.3 Å². The molecule has 0 aliphatic heterocycles. The largest absolute Gasteiger partial charge is 0.466 e. The van der Waals surface area contributed by atoms with Gasteiger partial charge in [-0.2, -0.15) is 0 Å². The lowest BCUT2D eigenvalue weighted by molar-refractivity contribution is -0.148. The zero-order valence-electron chi connectivity index (χ0n) is 24.9. The first-order valence-corrected chi connectivity index (χ1v) is 14.4. The van der Waals surface area contributed by atoms with Gasteiger partial charge in [0.25, 0.3) is 0 Å². The Hall–Kier alpha value is -4.32. The molecule has 224 valence electrons. The summed E-state index contributed by atoms with van der Waals surface area (Å²) in [5.41, 5.74) is 1.02. The van der Waals surface area contributed by atoms with Crippen molar-refractivity contribution in [3.63, 3.8) is 0 Å². The van der Waals surface area contributed by atoms with E-state index in [0.29, 0.717) is 24.0 Å². The third-order valence-corrected chi connectivity index (χ3v) is 6.87. The van der Waals surface area contributed by atoms with Crippen LogP contribution in [0.3, 0.4) is 0 Å². The predicted molar refractivity (Wildman–Crippen MR) is 159 cm³/mol. The number of terminal acetylenes is 1. The Kier molecular flexibility index (Phi) is 11.5. The molecule has 42 heavy (non-hydrogen) atoms. The summed E-state index contributed by atoms with van der Waals surface area (Å²) in [6.45, 7) is 7.21. The molecular formula is C33H41N3O6. The first kappa shape index (κ1) is 32.2. The van der Waals surface area contributed by atoms with Crippen molar-refractivity contribution < 1.29 is 28.7 Å². The monoisotopic (exact) mass is 575 g/mol. The standard InChI is InChI=1S/C33H41N3O6/c1-6-24-16-11-12-19-26(24)29(30(38)34-21-20-28(37)41-7-2)36(25-17-13-18-25)31(39)27(22-23-14-9-8-10-15-23)35-32(40)42-33(3,4)5/h1,8-12,14-16,19,25,27,29H,7,13,17-18,20-22H2,2-5H3,(H,34,38)(H,35,40). The number of hydrogen-bond donors (Lipinski definition) is 2. The smallest absolute Gasteiger partial charge is 0.408 e. The summed E-state index contributed by atoms with van der Waals surface area (Å²) < 4.78 is 10.5. The Morgan fingerprint density at radius 1 is 1.05 bits per heavy atom. The number of nitrogens with one attached hydrogen (secondary N) is 2. The summed E-state index contributed by atoms with van der Waals surface area (Å²) in [7, 11) is 0. The number of esters is 1. The van der Waals surface area contributed by atoms with Crippen molar-refractivity contribution in [1.29, 1.82) is 0 Å². The lowest BCUT2D eigenvalue weighted by Gasteiger charge is -2.44. The third kappa shape index (κ3) is 9.10. The van der Waals surface area contributed by atoms with Crippen molar-refractivity contribution in [3.8, 4) is 12.3 Å². The SMILES string of the molecule is C#Cc1ccccc1C(C(=O)NCCC(=O)OCC)N(C(=O)C(Cc1ccccc1)NC(=O)OC(C)(C)C)C1CCC1. The Morgan fingerprint density at radius 2 is 1.71 bits per heavy atom. The number of ether oxygens (including phenoxy) is 2. The molecule has 2 N–H and O–H groups in total. The molecule has 9 nitrogen and oxygen atoms in total. The van der Waals surface area contributed by atoms with Crippen LogP contribution in [0.15, 0.2) is 54.6 Å². The van der Waals surface area contributed by atoms with E-state index in [1.54, 1.807) is 56.9 Å². The highest BCUT2D eigenvalue weighted by molar-refractivity contribution is 5.93. The first-order chi connectivity index (χ1) is 20.0. The van der Waals surface area contributed by atoms with Crippen LogP contribution in [-0.4, -0.2) is 59.6 Å². The maximum Gasteiger partial charge on any atom is 0.408 e. The average Bonchev–Trinajstić information content (AvgIpc) is 2.91. The number of rotatable bonds is 12. The molecule has 0 aromatic heterocycles. The van der Waals surface area contributed by atoms with E-state index in [0.717, 1.165) is 12.0 Å². The molecule has 1 saturated carbocycles. The maximum atomic E-state index is 14.5. The van der Waals surface area contributed by atoms with Gasteiger partial charge < -0.3 is 25.0 Å².